The van der Waals surface area contributed by atoms with Gasteiger partial charge in [0.25, 0.3) is 0 Å². The van der Waals surface area contributed by atoms with Crippen LogP contribution < -0.4 is 0 Å². The Hall–Kier alpha value is -1.99. The topological polar surface area (TPSA) is 46.2 Å². The molecular formula is C21H23ClN4OS. The summed E-state index contributed by atoms with van der Waals surface area (Å²) in [6, 6.07) is 15.9. The summed E-state index contributed by atoms with van der Waals surface area (Å²) in [5, 5.41) is 15.5. The molecule has 0 unspecified atom stereocenters. The molecule has 1 saturated heterocycles. The molecule has 1 aliphatic heterocycles. The minimum absolute atomic E-state index is 0.280. The zero-order valence-electron chi connectivity index (χ0n) is 15.8. The molecule has 0 amide bonds. The van der Waals surface area contributed by atoms with E-state index in [1.165, 1.54) is 0 Å². The largest absolute Gasteiger partial charge is 0.392 e. The van der Waals surface area contributed by atoms with Crippen LogP contribution in [0.15, 0.2) is 48.5 Å². The van der Waals surface area contributed by atoms with Crippen LogP contribution in [0.4, 0.5) is 0 Å². The number of piperidine rings is 1. The van der Waals surface area contributed by atoms with Crippen molar-refractivity contribution in [2.24, 2.45) is 0 Å². The second-order valence-corrected chi connectivity index (χ2v) is 8.10. The van der Waals surface area contributed by atoms with Gasteiger partial charge in [-0.15, -0.1) is 5.10 Å². The lowest BCUT2D eigenvalue weighted by Gasteiger charge is -2.29. The second kappa shape index (κ2) is 8.17. The average Bonchev–Trinajstić information content (AvgIpc) is 2.99. The molecule has 1 aliphatic rings. The predicted molar refractivity (Wildman–Crippen MR) is 114 cm³/mol. The Balaban J connectivity index is 1.79. The zero-order chi connectivity index (χ0) is 19.7. The molecular weight excluding hydrogens is 392 g/mol. The maximum atomic E-state index is 9.98. The van der Waals surface area contributed by atoms with Gasteiger partial charge in [0.2, 0.25) is 4.77 Å². The number of halogens is 1. The van der Waals surface area contributed by atoms with Crippen molar-refractivity contribution in [3.05, 3.63) is 63.9 Å². The van der Waals surface area contributed by atoms with Gasteiger partial charge in [-0.25, -0.2) is 4.68 Å². The van der Waals surface area contributed by atoms with E-state index in [9.17, 15) is 5.11 Å². The minimum atomic E-state index is -0.280. The highest BCUT2D eigenvalue weighted by molar-refractivity contribution is 7.71. The smallest absolute Gasteiger partial charge is 0.204 e. The monoisotopic (exact) mass is 414 g/mol. The third-order valence-electron chi connectivity index (χ3n) is 5.02. The van der Waals surface area contributed by atoms with Crippen LogP contribution in [0.3, 0.4) is 0 Å². The highest BCUT2D eigenvalue weighted by Gasteiger charge is 2.20. The van der Waals surface area contributed by atoms with Gasteiger partial charge in [0.05, 0.1) is 18.5 Å². The van der Waals surface area contributed by atoms with Crippen molar-refractivity contribution in [3.63, 3.8) is 0 Å². The molecule has 1 aromatic heterocycles. The fourth-order valence-corrected chi connectivity index (χ4v) is 4.05. The number of aryl methyl sites for hydroxylation is 1. The number of hydrogen-bond donors (Lipinski definition) is 1. The lowest BCUT2D eigenvalue weighted by molar-refractivity contribution is 0.0513. The number of nitrogens with zero attached hydrogens (tertiary/aromatic N) is 4. The van der Waals surface area contributed by atoms with Crippen LogP contribution >= 0.6 is 23.8 Å². The fourth-order valence-electron chi connectivity index (χ4n) is 3.63. The first-order valence-corrected chi connectivity index (χ1v) is 10.2. The highest BCUT2D eigenvalue weighted by atomic mass is 35.5. The summed E-state index contributed by atoms with van der Waals surface area (Å²) in [5.74, 6) is 0.782. The Morgan fingerprint density at radius 3 is 2.71 bits per heavy atom. The van der Waals surface area contributed by atoms with E-state index in [4.69, 9.17) is 28.9 Å². The molecule has 0 spiro atoms. The van der Waals surface area contributed by atoms with Crippen molar-refractivity contribution < 1.29 is 5.11 Å². The maximum Gasteiger partial charge on any atom is 0.204 e. The Kier molecular flexibility index (Phi) is 5.64. The van der Waals surface area contributed by atoms with Crippen molar-refractivity contribution >= 4 is 23.8 Å². The molecule has 0 saturated carbocycles. The van der Waals surface area contributed by atoms with E-state index >= 15 is 0 Å². The minimum Gasteiger partial charge on any atom is -0.392 e. The Morgan fingerprint density at radius 1 is 1.21 bits per heavy atom. The molecule has 5 nitrogen and oxygen atoms in total. The molecule has 1 fully saturated rings. The van der Waals surface area contributed by atoms with Gasteiger partial charge in [0.1, 0.15) is 0 Å². The van der Waals surface area contributed by atoms with E-state index in [0.717, 1.165) is 42.0 Å². The molecule has 2 heterocycles. The van der Waals surface area contributed by atoms with E-state index in [2.05, 4.69) is 24.0 Å². The summed E-state index contributed by atoms with van der Waals surface area (Å²) in [6.45, 7) is 4.21. The van der Waals surface area contributed by atoms with Crippen LogP contribution in [-0.2, 0) is 6.67 Å². The van der Waals surface area contributed by atoms with Crippen molar-refractivity contribution in [2.75, 3.05) is 13.1 Å². The van der Waals surface area contributed by atoms with E-state index in [1.807, 2.05) is 45.6 Å². The maximum absolute atomic E-state index is 9.98. The number of hydrogen-bond acceptors (Lipinski definition) is 4. The fraction of sp³-hybridized carbons (Fsp3) is 0.333. The molecule has 7 heteroatoms. The molecule has 2 aromatic carbocycles. The summed E-state index contributed by atoms with van der Waals surface area (Å²) in [5.41, 5.74) is 3.10. The van der Waals surface area contributed by atoms with Crippen LogP contribution in [0.25, 0.3) is 17.1 Å². The van der Waals surface area contributed by atoms with Crippen molar-refractivity contribution in [1.29, 1.82) is 0 Å². The van der Waals surface area contributed by atoms with Crippen LogP contribution in [0.5, 0.6) is 0 Å². The van der Waals surface area contributed by atoms with E-state index in [1.54, 1.807) is 0 Å². The van der Waals surface area contributed by atoms with E-state index < -0.39 is 0 Å². The van der Waals surface area contributed by atoms with Gasteiger partial charge in [-0.1, -0.05) is 23.7 Å². The first-order valence-electron chi connectivity index (χ1n) is 9.44. The van der Waals surface area contributed by atoms with Crippen molar-refractivity contribution in [3.8, 4) is 17.1 Å². The van der Waals surface area contributed by atoms with Gasteiger partial charge in [0, 0.05) is 23.7 Å². The Morgan fingerprint density at radius 2 is 2.00 bits per heavy atom. The first kappa shape index (κ1) is 19.3. The molecule has 146 valence electrons. The van der Waals surface area contributed by atoms with Gasteiger partial charge in [-0.05, 0) is 73.9 Å². The van der Waals surface area contributed by atoms with Crippen molar-refractivity contribution in [1.82, 2.24) is 19.2 Å². The number of aromatic nitrogens is 3. The van der Waals surface area contributed by atoms with E-state index in [-0.39, 0.29) is 6.10 Å². The summed E-state index contributed by atoms with van der Waals surface area (Å²) in [6.07, 6.45) is 1.56. The first-order chi connectivity index (χ1) is 13.5. The Bertz CT molecular complexity index is 1030. The summed E-state index contributed by atoms with van der Waals surface area (Å²) in [7, 11) is 0. The number of likely N-dealkylation sites (tertiary alicyclic amines) is 1. The molecule has 0 radical (unpaired) electrons. The Labute approximate surface area is 174 Å². The molecule has 4 rings (SSSR count). The van der Waals surface area contributed by atoms with Crippen LogP contribution in [-0.4, -0.2) is 43.5 Å². The average molecular weight is 415 g/mol. The number of rotatable bonds is 4. The molecule has 1 N–H and O–H groups in total. The van der Waals surface area contributed by atoms with Crippen LogP contribution in [0.2, 0.25) is 5.02 Å². The highest BCUT2D eigenvalue weighted by Crippen LogP contribution is 2.25. The predicted octanol–water partition coefficient (Wildman–Crippen LogP) is 4.45. The molecule has 28 heavy (non-hydrogen) atoms. The number of β-amino-alcohol motifs (C(OH)–C–C–N with tert-alkyl or cyclic N) is 1. The summed E-state index contributed by atoms with van der Waals surface area (Å²) >= 11 is 11.9. The zero-order valence-corrected chi connectivity index (χ0v) is 17.3. The number of benzene rings is 2. The summed E-state index contributed by atoms with van der Waals surface area (Å²) in [4.78, 5) is 2.20. The standard InChI is InChI=1S/C21H23ClN4OS/c1-15-4-2-5-18(12-15)26-20(16-7-9-17(22)10-8-16)23-25(21(26)28)14-24-11-3-6-19(27)13-24/h2,4-5,7-10,12,19,27H,3,6,11,13-14H2,1H3/t19-/m0/s1. The third-order valence-corrected chi connectivity index (χ3v) is 5.66. The molecule has 0 bridgehead atoms. The van der Waals surface area contributed by atoms with E-state index in [0.29, 0.717) is 23.0 Å². The van der Waals surface area contributed by atoms with Crippen LogP contribution in [0.1, 0.15) is 18.4 Å². The molecule has 0 aliphatic carbocycles. The van der Waals surface area contributed by atoms with Crippen LogP contribution in [0, 0.1) is 11.7 Å². The third kappa shape index (κ3) is 4.05. The van der Waals surface area contributed by atoms with Gasteiger partial charge in [-0.2, -0.15) is 0 Å². The quantitative estimate of drug-likeness (QED) is 0.641. The molecule has 3 aromatic rings. The van der Waals surface area contributed by atoms with Crippen molar-refractivity contribution in [2.45, 2.75) is 32.5 Å². The number of aliphatic hydroxyl groups is 1. The normalized spacial score (nSPS) is 17.8. The second-order valence-electron chi connectivity index (χ2n) is 7.30. The molecule has 1 atom stereocenters. The lowest BCUT2D eigenvalue weighted by Crippen LogP contribution is -2.39. The summed E-state index contributed by atoms with van der Waals surface area (Å²) < 4.78 is 4.49. The van der Waals surface area contributed by atoms with Gasteiger partial charge in [0.15, 0.2) is 5.82 Å². The lowest BCUT2D eigenvalue weighted by atomic mass is 10.1. The number of aliphatic hydroxyl groups excluding tert-OH is 1. The van der Waals surface area contributed by atoms with Gasteiger partial charge < -0.3 is 5.11 Å². The SMILES string of the molecule is Cc1cccc(-n2c(-c3ccc(Cl)cc3)nn(CN3CCC[C@H](O)C3)c2=S)c1. The van der Waals surface area contributed by atoms with Gasteiger partial charge in [-0.3, -0.25) is 9.47 Å². The van der Waals surface area contributed by atoms with Gasteiger partial charge >= 0.3 is 0 Å².